The quantitative estimate of drug-likeness (QED) is 0.592. The molecule has 0 heterocycles. The Morgan fingerprint density at radius 2 is 1.91 bits per heavy atom. The Balaban J connectivity index is 1.78. The molecule has 4 aliphatic rings. The summed E-state index contributed by atoms with van der Waals surface area (Å²) in [4.78, 5) is 50.3. The van der Waals surface area contributed by atoms with Crippen LogP contribution in [0.15, 0.2) is 23.8 Å². The molecule has 0 saturated heterocycles. The van der Waals surface area contributed by atoms with Crippen molar-refractivity contribution in [2.45, 2.75) is 78.9 Å². The Morgan fingerprint density at radius 3 is 2.54 bits per heavy atom. The van der Waals surface area contributed by atoms with Gasteiger partial charge in [-0.05, 0) is 49.7 Å². The second-order valence-corrected chi connectivity index (χ2v) is 11.9. The zero-order valence-electron chi connectivity index (χ0n) is 21.6. The van der Waals surface area contributed by atoms with Gasteiger partial charge in [0, 0.05) is 29.6 Å². The van der Waals surface area contributed by atoms with E-state index in [1.165, 1.54) is 6.92 Å². The van der Waals surface area contributed by atoms with Crippen LogP contribution < -0.4 is 0 Å². The number of ketones is 2. The predicted octanol–water partition coefficient (Wildman–Crippen LogP) is 3.58. The number of carbonyl (C=O) groups is 4. The minimum Gasteiger partial charge on any atom is -0.458 e. The number of allylic oxidation sites excluding steroid dienone is 4. The Labute approximate surface area is 207 Å². The molecule has 0 spiro atoms. The molecule has 0 unspecified atom stereocenters. The van der Waals surface area contributed by atoms with Crippen molar-refractivity contribution in [3.8, 4) is 0 Å². The zero-order valence-corrected chi connectivity index (χ0v) is 21.6. The lowest BCUT2D eigenvalue weighted by molar-refractivity contribution is -0.208. The third-order valence-electron chi connectivity index (χ3n) is 9.59. The third-order valence-corrected chi connectivity index (χ3v) is 9.59. The van der Waals surface area contributed by atoms with E-state index in [-0.39, 0.29) is 35.9 Å². The van der Waals surface area contributed by atoms with Crippen LogP contribution >= 0.6 is 0 Å². The number of esters is 2. The fourth-order valence-electron chi connectivity index (χ4n) is 8.06. The highest BCUT2D eigenvalue weighted by molar-refractivity contribution is 6.01. The van der Waals surface area contributed by atoms with Gasteiger partial charge in [0.05, 0.1) is 12.0 Å². The van der Waals surface area contributed by atoms with E-state index in [1.54, 1.807) is 26.0 Å². The molecule has 0 aromatic carbocycles. The van der Waals surface area contributed by atoms with Gasteiger partial charge < -0.3 is 14.6 Å². The van der Waals surface area contributed by atoms with Gasteiger partial charge >= 0.3 is 11.9 Å². The minimum absolute atomic E-state index is 0.0174. The van der Waals surface area contributed by atoms with Gasteiger partial charge in [-0.2, -0.15) is 0 Å². The Hall–Kier alpha value is -2.28. The van der Waals surface area contributed by atoms with Gasteiger partial charge in [-0.3, -0.25) is 19.2 Å². The molecular formula is C28H38O7. The summed E-state index contributed by atoms with van der Waals surface area (Å²) in [6.07, 6.45) is 7.00. The highest BCUT2D eigenvalue weighted by atomic mass is 16.6. The number of ether oxygens (including phenoxy) is 2. The summed E-state index contributed by atoms with van der Waals surface area (Å²) in [5.74, 6) is -2.20. The number of aliphatic hydroxyl groups excluding tert-OH is 1. The van der Waals surface area contributed by atoms with E-state index in [0.29, 0.717) is 6.42 Å². The lowest BCUT2D eigenvalue weighted by Crippen LogP contribution is -2.64. The fraction of sp³-hybridized carbons (Fsp3) is 0.714. The van der Waals surface area contributed by atoms with Crippen molar-refractivity contribution >= 4 is 23.5 Å². The summed E-state index contributed by atoms with van der Waals surface area (Å²) < 4.78 is 11.2. The molecule has 1 N–H and O–H groups in total. The first kappa shape index (κ1) is 25.8. The van der Waals surface area contributed by atoms with Crippen molar-refractivity contribution < 1.29 is 33.8 Å². The number of carbonyl (C=O) groups excluding carboxylic acids is 4. The fourth-order valence-corrected chi connectivity index (χ4v) is 8.06. The second-order valence-electron chi connectivity index (χ2n) is 11.9. The third kappa shape index (κ3) is 3.73. The second kappa shape index (κ2) is 8.68. The van der Waals surface area contributed by atoms with E-state index in [4.69, 9.17) is 9.47 Å². The van der Waals surface area contributed by atoms with Crippen LogP contribution in [-0.4, -0.2) is 46.9 Å². The molecule has 0 aromatic rings. The van der Waals surface area contributed by atoms with Crippen molar-refractivity contribution in [1.29, 1.82) is 0 Å². The Bertz CT molecular complexity index is 1010. The number of aliphatic hydroxyl groups is 1. The van der Waals surface area contributed by atoms with Crippen molar-refractivity contribution in [3.05, 3.63) is 23.8 Å². The lowest BCUT2D eigenvalue weighted by Gasteiger charge is -2.60. The first-order chi connectivity index (χ1) is 16.3. The van der Waals surface area contributed by atoms with E-state index in [1.807, 2.05) is 19.9 Å². The molecule has 192 valence electrons. The maximum atomic E-state index is 13.8. The van der Waals surface area contributed by atoms with Gasteiger partial charge in [0.25, 0.3) is 0 Å². The molecular weight excluding hydrogens is 448 g/mol. The van der Waals surface area contributed by atoms with E-state index in [9.17, 15) is 24.3 Å². The van der Waals surface area contributed by atoms with Crippen LogP contribution in [0, 0.1) is 40.4 Å². The number of hydrogen-bond donors (Lipinski definition) is 1. The molecule has 0 aromatic heterocycles. The van der Waals surface area contributed by atoms with Gasteiger partial charge in [-0.25, -0.2) is 0 Å². The van der Waals surface area contributed by atoms with Crippen molar-refractivity contribution in [1.82, 2.24) is 0 Å². The number of fused-ring (bicyclic) bond motifs is 5. The van der Waals surface area contributed by atoms with E-state index < -0.39 is 52.8 Å². The molecule has 7 nitrogen and oxygen atoms in total. The molecule has 4 aliphatic carbocycles. The molecule has 0 amide bonds. The molecule has 0 aliphatic heterocycles. The van der Waals surface area contributed by atoms with E-state index >= 15 is 0 Å². The first-order valence-corrected chi connectivity index (χ1v) is 12.8. The molecule has 4 rings (SSSR count). The standard InChI is InChI=1S/C28H38O7/c1-15(2)25(33)35-28(23(32)14-34-17(4)29)16(3)11-21-20-8-7-18-12-19(30)9-10-26(18,5)24(20)22(31)13-27(21,28)6/h9-10,12,15-16,20-22,24,31H,7-8,11,13-14H2,1-6H3/t16-,20+,21+,22+,24-,26+,27+,28-/m1/s1. The summed E-state index contributed by atoms with van der Waals surface area (Å²) >= 11 is 0. The number of Topliss-reactive ketones (excluding diaryl/α,β-unsaturated/α-hetero) is 1. The summed E-state index contributed by atoms with van der Waals surface area (Å²) in [5, 5.41) is 11.7. The molecule has 3 saturated carbocycles. The lowest BCUT2D eigenvalue weighted by atomic mass is 9.46. The summed E-state index contributed by atoms with van der Waals surface area (Å²) in [7, 11) is 0. The van der Waals surface area contributed by atoms with Crippen LogP contribution in [-0.2, 0) is 28.7 Å². The molecule has 7 heteroatoms. The van der Waals surface area contributed by atoms with Crippen molar-refractivity contribution in [3.63, 3.8) is 0 Å². The number of rotatable bonds is 5. The van der Waals surface area contributed by atoms with E-state index in [2.05, 4.69) is 6.92 Å². The Kier molecular flexibility index (Phi) is 6.40. The topological polar surface area (TPSA) is 107 Å². The summed E-state index contributed by atoms with van der Waals surface area (Å²) in [6, 6.07) is 0. The van der Waals surface area contributed by atoms with Crippen LogP contribution in [0.3, 0.4) is 0 Å². The van der Waals surface area contributed by atoms with Crippen molar-refractivity contribution in [2.24, 2.45) is 40.4 Å². The smallest absolute Gasteiger partial charge is 0.309 e. The van der Waals surface area contributed by atoms with Crippen LogP contribution in [0.4, 0.5) is 0 Å². The summed E-state index contributed by atoms with van der Waals surface area (Å²) in [6.45, 7) is 10.2. The maximum absolute atomic E-state index is 13.8. The van der Waals surface area contributed by atoms with Crippen LogP contribution in [0.2, 0.25) is 0 Å². The number of hydrogen-bond acceptors (Lipinski definition) is 7. The van der Waals surface area contributed by atoms with Gasteiger partial charge in [-0.1, -0.05) is 46.3 Å². The first-order valence-electron chi connectivity index (χ1n) is 12.8. The molecule has 0 bridgehead atoms. The van der Waals surface area contributed by atoms with Crippen LogP contribution in [0.5, 0.6) is 0 Å². The van der Waals surface area contributed by atoms with Gasteiger partial charge in [0.15, 0.2) is 18.0 Å². The van der Waals surface area contributed by atoms with E-state index in [0.717, 1.165) is 18.4 Å². The zero-order chi connectivity index (χ0) is 25.9. The predicted molar refractivity (Wildman–Crippen MR) is 128 cm³/mol. The molecule has 0 radical (unpaired) electrons. The average Bonchev–Trinajstić information content (AvgIpc) is 2.99. The maximum Gasteiger partial charge on any atom is 0.309 e. The largest absolute Gasteiger partial charge is 0.458 e. The Morgan fingerprint density at radius 1 is 1.23 bits per heavy atom. The average molecular weight is 487 g/mol. The van der Waals surface area contributed by atoms with Gasteiger partial charge in [0.1, 0.15) is 0 Å². The summed E-state index contributed by atoms with van der Waals surface area (Å²) in [5.41, 5.74) is -1.68. The van der Waals surface area contributed by atoms with Gasteiger partial charge in [0.2, 0.25) is 5.78 Å². The van der Waals surface area contributed by atoms with Crippen LogP contribution in [0.25, 0.3) is 0 Å². The highest BCUT2D eigenvalue weighted by Gasteiger charge is 2.73. The van der Waals surface area contributed by atoms with Crippen molar-refractivity contribution in [2.75, 3.05) is 6.61 Å². The van der Waals surface area contributed by atoms with Crippen LogP contribution in [0.1, 0.15) is 67.2 Å². The minimum atomic E-state index is -1.49. The van der Waals surface area contributed by atoms with Gasteiger partial charge in [-0.15, -0.1) is 0 Å². The molecule has 35 heavy (non-hydrogen) atoms. The SMILES string of the molecule is CC(=O)OCC(=O)[C@]1(OC(=O)C(C)C)[C@H](C)C[C@H]2[C@@H]3CCC4=CC(=O)C=C[C@]4(C)[C@H]3[C@@H](O)C[C@@]21C. The monoisotopic (exact) mass is 486 g/mol. The molecule has 3 fully saturated rings. The normalized spacial score (nSPS) is 42.0. The highest BCUT2D eigenvalue weighted by Crippen LogP contribution is 2.69. The molecule has 8 atom stereocenters.